The van der Waals surface area contributed by atoms with E-state index in [9.17, 15) is 0 Å². The van der Waals surface area contributed by atoms with E-state index < -0.39 is 0 Å². The van der Waals surface area contributed by atoms with Crippen LogP contribution in [0.5, 0.6) is 5.75 Å². The van der Waals surface area contributed by atoms with Gasteiger partial charge in [-0.25, -0.2) is 15.0 Å². The molecule has 96 valence electrons. The number of fused-ring (bicyclic) bond motifs is 1. The molecule has 3 rings (SSSR count). The molecule has 0 unspecified atom stereocenters. The van der Waals surface area contributed by atoms with Crippen LogP contribution in [0.25, 0.3) is 11.2 Å². The van der Waals surface area contributed by atoms with Crippen molar-refractivity contribution in [3.8, 4) is 5.75 Å². The molecule has 6 heteroatoms. The van der Waals surface area contributed by atoms with Gasteiger partial charge < -0.3 is 15.0 Å². The fourth-order valence-electron chi connectivity index (χ4n) is 1.86. The predicted molar refractivity (Wildman–Crippen MR) is 72.0 cm³/mol. The van der Waals surface area contributed by atoms with Crippen molar-refractivity contribution in [3.05, 3.63) is 42.5 Å². The zero-order chi connectivity index (χ0) is 13.1. The van der Waals surface area contributed by atoms with Gasteiger partial charge in [0, 0.05) is 6.54 Å². The van der Waals surface area contributed by atoms with Crippen molar-refractivity contribution in [2.75, 3.05) is 12.4 Å². The monoisotopic (exact) mass is 255 g/mol. The molecule has 0 aliphatic carbocycles. The highest BCUT2D eigenvalue weighted by Gasteiger charge is 2.05. The van der Waals surface area contributed by atoms with Crippen LogP contribution in [0, 0.1) is 0 Å². The lowest BCUT2D eigenvalue weighted by Gasteiger charge is -2.07. The Morgan fingerprint density at radius 1 is 1.26 bits per heavy atom. The molecule has 0 amide bonds. The van der Waals surface area contributed by atoms with Crippen LogP contribution in [0.3, 0.4) is 0 Å². The number of rotatable bonds is 4. The molecule has 2 N–H and O–H groups in total. The first-order valence-electron chi connectivity index (χ1n) is 5.87. The second kappa shape index (κ2) is 4.93. The van der Waals surface area contributed by atoms with Crippen LogP contribution in [0.2, 0.25) is 0 Å². The van der Waals surface area contributed by atoms with Gasteiger partial charge in [0.1, 0.15) is 17.6 Å². The number of hydrogen-bond acceptors (Lipinski definition) is 5. The third kappa shape index (κ3) is 2.33. The van der Waals surface area contributed by atoms with Crippen molar-refractivity contribution in [2.24, 2.45) is 0 Å². The van der Waals surface area contributed by atoms with Gasteiger partial charge in [0.2, 0.25) is 0 Å². The fourth-order valence-corrected chi connectivity index (χ4v) is 1.86. The minimum Gasteiger partial charge on any atom is -0.497 e. The molecule has 3 aromatic rings. The van der Waals surface area contributed by atoms with E-state index in [0.717, 1.165) is 22.5 Å². The van der Waals surface area contributed by atoms with E-state index in [1.807, 2.05) is 24.3 Å². The molecular formula is C13H13N5O. The summed E-state index contributed by atoms with van der Waals surface area (Å²) in [4.78, 5) is 15.4. The number of nitrogens with zero attached hydrogens (tertiary/aromatic N) is 3. The van der Waals surface area contributed by atoms with Crippen LogP contribution < -0.4 is 10.1 Å². The molecule has 0 fully saturated rings. The van der Waals surface area contributed by atoms with Crippen molar-refractivity contribution in [2.45, 2.75) is 6.54 Å². The van der Waals surface area contributed by atoms with Crippen LogP contribution in [0.15, 0.2) is 36.9 Å². The Hall–Kier alpha value is -2.63. The molecule has 0 saturated carbocycles. The summed E-state index contributed by atoms with van der Waals surface area (Å²) in [5.41, 5.74) is 2.58. The normalized spacial score (nSPS) is 10.6. The Labute approximate surface area is 109 Å². The van der Waals surface area contributed by atoms with Gasteiger partial charge in [-0.2, -0.15) is 0 Å². The van der Waals surface area contributed by atoms with Gasteiger partial charge in [0.05, 0.1) is 13.4 Å². The van der Waals surface area contributed by atoms with Crippen LogP contribution in [-0.4, -0.2) is 27.0 Å². The number of methoxy groups -OCH3 is 1. The Kier molecular flexibility index (Phi) is 2.97. The van der Waals surface area contributed by atoms with E-state index in [-0.39, 0.29) is 0 Å². The molecule has 0 spiro atoms. The Morgan fingerprint density at radius 3 is 3.11 bits per heavy atom. The minimum absolute atomic E-state index is 0.649. The standard InChI is InChI=1S/C13H13N5O/c1-19-10-4-2-3-9(5-10)6-14-12-11-13(16-7-15-11)18-8-17-12/h2-5,7-8H,6H2,1H3,(H2,14,15,16,17,18). The first kappa shape index (κ1) is 11.5. The Morgan fingerprint density at radius 2 is 2.21 bits per heavy atom. The second-order valence-electron chi connectivity index (χ2n) is 4.03. The molecule has 6 nitrogen and oxygen atoms in total. The third-order valence-corrected chi connectivity index (χ3v) is 2.81. The average molecular weight is 255 g/mol. The molecule has 0 bridgehead atoms. The number of anilines is 1. The number of aromatic nitrogens is 4. The van der Waals surface area contributed by atoms with Crippen molar-refractivity contribution >= 4 is 17.0 Å². The zero-order valence-electron chi connectivity index (χ0n) is 10.4. The van der Waals surface area contributed by atoms with Crippen LogP contribution in [0.4, 0.5) is 5.82 Å². The number of imidazole rings is 1. The Bertz CT molecular complexity index is 694. The summed E-state index contributed by atoms with van der Waals surface area (Å²) in [5.74, 6) is 1.56. The van der Waals surface area contributed by atoms with Crippen molar-refractivity contribution in [3.63, 3.8) is 0 Å². The molecule has 19 heavy (non-hydrogen) atoms. The van der Waals surface area contributed by atoms with Gasteiger partial charge in [-0.15, -0.1) is 0 Å². The first-order chi connectivity index (χ1) is 9.36. The molecule has 0 aliphatic rings. The largest absolute Gasteiger partial charge is 0.497 e. The summed E-state index contributed by atoms with van der Waals surface area (Å²) in [7, 11) is 1.66. The summed E-state index contributed by atoms with van der Waals surface area (Å²) in [6.07, 6.45) is 3.12. The number of H-pyrrole nitrogens is 1. The summed E-state index contributed by atoms with van der Waals surface area (Å²) < 4.78 is 5.19. The van der Waals surface area contributed by atoms with E-state index in [1.54, 1.807) is 13.4 Å². The molecular weight excluding hydrogens is 242 g/mol. The summed E-state index contributed by atoms with van der Waals surface area (Å²) >= 11 is 0. The number of ether oxygens (including phenoxy) is 1. The van der Waals surface area contributed by atoms with E-state index in [4.69, 9.17) is 4.74 Å². The maximum atomic E-state index is 5.19. The SMILES string of the molecule is COc1cccc(CNc2ncnc3[nH]cnc23)c1. The van der Waals surface area contributed by atoms with Gasteiger partial charge in [-0.05, 0) is 17.7 Å². The molecule has 0 radical (unpaired) electrons. The lowest BCUT2D eigenvalue weighted by molar-refractivity contribution is 0.414. The molecule has 0 saturated heterocycles. The average Bonchev–Trinajstić information content (AvgIpc) is 2.94. The number of hydrogen-bond donors (Lipinski definition) is 2. The maximum Gasteiger partial charge on any atom is 0.162 e. The van der Waals surface area contributed by atoms with Gasteiger partial charge in [0.15, 0.2) is 11.5 Å². The van der Waals surface area contributed by atoms with Crippen LogP contribution in [-0.2, 0) is 6.54 Å². The second-order valence-corrected chi connectivity index (χ2v) is 4.03. The fraction of sp³-hybridized carbons (Fsp3) is 0.154. The van der Waals surface area contributed by atoms with Crippen molar-refractivity contribution in [1.29, 1.82) is 0 Å². The van der Waals surface area contributed by atoms with Gasteiger partial charge >= 0.3 is 0 Å². The quantitative estimate of drug-likeness (QED) is 0.745. The maximum absolute atomic E-state index is 5.19. The smallest absolute Gasteiger partial charge is 0.162 e. The van der Waals surface area contributed by atoms with Crippen molar-refractivity contribution in [1.82, 2.24) is 19.9 Å². The van der Waals surface area contributed by atoms with Crippen LogP contribution in [0.1, 0.15) is 5.56 Å². The summed E-state index contributed by atoms with van der Waals surface area (Å²) in [5, 5.41) is 3.25. The lowest BCUT2D eigenvalue weighted by Crippen LogP contribution is -2.02. The molecule has 0 aliphatic heterocycles. The Balaban J connectivity index is 1.80. The molecule has 2 aromatic heterocycles. The van der Waals surface area contributed by atoms with Gasteiger partial charge in [-0.3, -0.25) is 0 Å². The lowest BCUT2D eigenvalue weighted by atomic mass is 10.2. The number of aromatic amines is 1. The van der Waals surface area contributed by atoms with Gasteiger partial charge in [0.25, 0.3) is 0 Å². The highest BCUT2D eigenvalue weighted by molar-refractivity contribution is 5.81. The highest BCUT2D eigenvalue weighted by atomic mass is 16.5. The topological polar surface area (TPSA) is 75.7 Å². The molecule has 1 aromatic carbocycles. The van der Waals surface area contributed by atoms with Crippen LogP contribution >= 0.6 is 0 Å². The summed E-state index contributed by atoms with van der Waals surface area (Å²) in [6, 6.07) is 7.88. The summed E-state index contributed by atoms with van der Waals surface area (Å²) in [6.45, 7) is 0.649. The third-order valence-electron chi connectivity index (χ3n) is 2.81. The van der Waals surface area contributed by atoms with E-state index in [2.05, 4.69) is 25.3 Å². The molecule has 0 atom stereocenters. The van der Waals surface area contributed by atoms with Crippen molar-refractivity contribution < 1.29 is 4.74 Å². The minimum atomic E-state index is 0.649. The van der Waals surface area contributed by atoms with E-state index in [0.29, 0.717) is 12.4 Å². The number of nitrogens with one attached hydrogen (secondary N) is 2. The zero-order valence-corrected chi connectivity index (χ0v) is 10.4. The number of benzene rings is 1. The first-order valence-corrected chi connectivity index (χ1v) is 5.87. The molecule has 2 heterocycles. The highest BCUT2D eigenvalue weighted by Crippen LogP contribution is 2.17. The predicted octanol–water partition coefficient (Wildman–Crippen LogP) is 1.97. The van der Waals surface area contributed by atoms with E-state index in [1.165, 1.54) is 6.33 Å². The van der Waals surface area contributed by atoms with Gasteiger partial charge in [-0.1, -0.05) is 12.1 Å². The van der Waals surface area contributed by atoms with E-state index >= 15 is 0 Å².